The zero-order valence-corrected chi connectivity index (χ0v) is 15.9. The fourth-order valence-electron chi connectivity index (χ4n) is 3.20. The minimum absolute atomic E-state index is 0.166. The summed E-state index contributed by atoms with van der Waals surface area (Å²) in [6.07, 6.45) is 1.28. The molecule has 0 unspecified atom stereocenters. The molecule has 0 saturated carbocycles. The lowest BCUT2D eigenvalue weighted by atomic mass is 10.1. The second kappa shape index (κ2) is 8.11. The van der Waals surface area contributed by atoms with Crippen LogP contribution in [-0.4, -0.2) is 52.7 Å². The van der Waals surface area contributed by atoms with E-state index in [1.807, 2.05) is 12.1 Å². The van der Waals surface area contributed by atoms with Crippen molar-refractivity contribution in [3.8, 4) is 11.4 Å². The third-order valence-corrected chi connectivity index (χ3v) is 5.09. The van der Waals surface area contributed by atoms with Crippen molar-refractivity contribution in [3.63, 3.8) is 0 Å². The first-order valence-electron chi connectivity index (χ1n) is 9.40. The minimum atomic E-state index is 0.166. The predicted octanol–water partition coefficient (Wildman–Crippen LogP) is 3.77. The summed E-state index contributed by atoms with van der Waals surface area (Å²) in [4.78, 5) is 9.64. The largest absolute Gasteiger partial charge is 0.337 e. The van der Waals surface area contributed by atoms with Crippen molar-refractivity contribution in [1.82, 2.24) is 19.9 Å². The molecule has 1 aliphatic heterocycles. The third kappa shape index (κ3) is 4.67. The van der Waals surface area contributed by atoms with Crippen LogP contribution >= 0.6 is 0 Å². The Kier molecular flexibility index (Phi) is 5.86. The molecule has 1 saturated heterocycles. The zero-order chi connectivity index (χ0) is 17.8. The van der Waals surface area contributed by atoms with Crippen LogP contribution in [0.25, 0.3) is 11.4 Å². The lowest BCUT2D eigenvalue weighted by Gasteiger charge is -2.37. The Morgan fingerprint density at radius 3 is 2.36 bits per heavy atom. The molecular weight excluding hydrogens is 312 g/mol. The van der Waals surface area contributed by atoms with Gasteiger partial charge in [-0.1, -0.05) is 48.8 Å². The fourth-order valence-corrected chi connectivity index (χ4v) is 3.20. The van der Waals surface area contributed by atoms with Crippen LogP contribution in [0.4, 0.5) is 0 Å². The van der Waals surface area contributed by atoms with Crippen molar-refractivity contribution in [2.75, 3.05) is 32.7 Å². The maximum absolute atomic E-state index is 5.55. The summed E-state index contributed by atoms with van der Waals surface area (Å²) in [5, 5.41) is 4.17. The zero-order valence-electron chi connectivity index (χ0n) is 15.9. The highest BCUT2D eigenvalue weighted by Gasteiger charge is 2.25. The molecule has 5 nitrogen and oxygen atoms in total. The summed E-state index contributed by atoms with van der Waals surface area (Å²) in [6.45, 7) is 14.4. The van der Waals surface area contributed by atoms with Crippen molar-refractivity contribution < 1.29 is 4.52 Å². The molecule has 0 radical (unpaired) electrons. The van der Waals surface area contributed by atoms with Crippen LogP contribution in [0.3, 0.4) is 0 Å². The van der Waals surface area contributed by atoms with E-state index in [0.29, 0.717) is 11.7 Å². The van der Waals surface area contributed by atoms with Gasteiger partial charge in [-0.2, -0.15) is 4.98 Å². The van der Waals surface area contributed by atoms with E-state index in [1.54, 1.807) is 0 Å². The lowest BCUT2D eigenvalue weighted by molar-refractivity contribution is 0.0858. The number of aryl methyl sites for hydroxylation is 1. The fraction of sp³-hybridized carbons (Fsp3) is 0.600. The van der Waals surface area contributed by atoms with Gasteiger partial charge in [-0.25, -0.2) is 0 Å². The van der Waals surface area contributed by atoms with Crippen molar-refractivity contribution in [2.24, 2.45) is 5.92 Å². The lowest BCUT2D eigenvalue weighted by Crippen LogP contribution is -2.47. The molecule has 25 heavy (non-hydrogen) atoms. The molecule has 2 heterocycles. The molecule has 1 aromatic carbocycles. The van der Waals surface area contributed by atoms with E-state index < -0.39 is 0 Å². The van der Waals surface area contributed by atoms with Crippen molar-refractivity contribution in [1.29, 1.82) is 0 Å². The molecule has 1 fully saturated rings. The molecule has 1 atom stereocenters. The first-order chi connectivity index (χ1) is 12.0. The number of benzene rings is 1. The number of hydrogen-bond donors (Lipinski definition) is 0. The Morgan fingerprint density at radius 2 is 1.72 bits per heavy atom. The van der Waals surface area contributed by atoms with Gasteiger partial charge in [0.15, 0.2) is 0 Å². The van der Waals surface area contributed by atoms with Gasteiger partial charge in [0.2, 0.25) is 11.7 Å². The van der Waals surface area contributed by atoms with Crippen LogP contribution in [0, 0.1) is 12.8 Å². The van der Waals surface area contributed by atoms with Gasteiger partial charge >= 0.3 is 0 Å². The molecule has 2 aromatic rings. The van der Waals surface area contributed by atoms with Gasteiger partial charge in [0, 0.05) is 31.7 Å². The quantitative estimate of drug-likeness (QED) is 0.799. The van der Waals surface area contributed by atoms with Gasteiger partial charge in [0.05, 0.1) is 6.04 Å². The summed E-state index contributed by atoms with van der Waals surface area (Å²) in [5.41, 5.74) is 2.24. The first-order valence-corrected chi connectivity index (χ1v) is 9.40. The smallest absolute Gasteiger partial charge is 0.244 e. The Labute approximate surface area is 151 Å². The maximum Gasteiger partial charge on any atom is 0.244 e. The van der Waals surface area contributed by atoms with E-state index in [-0.39, 0.29) is 6.04 Å². The predicted molar refractivity (Wildman–Crippen MR) is 100 cm³/mol. The number of aromatic nitrogens is 2. The molecule has 1 aromatic heterocycles. The molecule has 1 aliphatic rings. The SMILES string of the molecule is Cc1ccc(-c2noc([C@@H](C)N3CCN(CCC(C)C)CC3)n2)cc1. The van der Waals surface area contributed by atoms with E-state index in [4.69, 9.17) is 4.52 Å². The standard InChI is InChI=1S/C20H30N4O/c1-15(2)9-10-23-11-13-24(14-12-23)17(4)20-21-19(22-25-20)18-7-5-16(3)6-8-18/h5-8,15,17H,9-14H2,1-4H3/t17-/m1/s1. The van der Waals surface area contributed by atoms with Crippen LogP contribution in [0.15, 0.2) is 28.8 Å². The van der Waals surface area contributed by atoms with Crippen molar-refractivity contribution in [3.05, 3.63) is 35.7 Å². The molecule has 5 heteroatoms. The van der Waals surface area contributed by atoms with E-state index in [1.165, 1.54) is 18.5 Å². The average molecular weight is 342 g/mol. The molecule has 136 valence electrons. The van der Waals surface area contributed by atoms with Crippen LogP contribution in [0.5, 0.6) is 0 Å². The summed E-state index contributed by atoms with van der Waals surface area (Å²) in [7, 11) is 0. The van der Waals surface area contributed by atoms with Gasteiger partial charge in [0.25, 0.3) is 0 Å². The summed E-state index contributed by atoms with van der Waals surface area (Å²) in [6, 6.07) is 8.40. The highest BCUT2D eigenvalue weighted by Crippen LogP contribution is 2.23. The van der Waals surface area contributed by atoms with Gasteiger partial charge in [-0.15, -0.1) is 0 Å². The van der Waals surface area contributed by atoms with E-state index in [9.17, 15) is 0 Å². The first kappa shape index (κ1) is 18.1. The molecule has 3 rings (SSSR count). The van der Waals surface area contributed by atoms with Crippen molar-refractivity contribution in [2.45, 2.75) is 40.2 Å². The maximum atomic E-state index is 5.55. The van der Waals surface area contributed by atoms with Crippen LogP contribution < -0.4 is 0 Å². The topological polar surface area (TPSA) is 45.4 Å². The average Bonchev–Trinajstić information content (AvgIpc) is 3.10. The third-order valence-electron chi connectivity index (χ3n) is 5.09. The van der Waals surface area contributed by atoms with E-state index in [2.05, 4.69) is 59.8 Å². The van der Waals surface area contributed by atoms with Crippen molar-refractivity contribution >= 4 is 0 Å². The van der Waals surface area contributed by atoms with Crippen LogP contribution in [0.2, 0.25) is 0 Å². The summed E-state index contributed by atoms with van der Waals surface area (Å²) in [5.74, 6) is 2.17. The van der Waals surface area contributed by atoms with Gasteiger partial charge in [-0.05, 0) is 32.7 Å². The minimum Gasteiger partial charge on any atom is -0.337 e. The Bertz CT molecular complexity index is 657. The number of nitrogens with zero attached hydrogens (tertiary/aromatic N) is 4. The van der Waals surface area contributed by atoms with Crippen LogP contribution in [-0.2, 0) is 0 Å². The molecule has 0 bridgehead atoms. The van der Waals surface area contributed by atoms with Crippen LogP contribution in [0.1, 0.15) is 44.7 Å². The number of hydrogen-bond acceptors (Lipinski definition) is 5. The van der Waals surface area contributed by atoms with E-state index >= 15 is 0 Å². The highest BCUT2D eigenvalue weighted by molar-refractivity contribution is 5.54. The normalized spacial score (nSPS) is 18.0. The monoisotopic (exact) mass is 342 g/mol. The van der Waals surface area contributed by atoms with Gasteiger partial charge < -0.3 is 9.42 Å². The number of piperazine rings is 1. The Morgan fingerprint density at radius 1 is 1.04 bits per heavy atom. The molecule has 0 N–H and O–H groups in total. The van der Waals surface area contributed by atoms with E-state index in [0.717, 1.165) is 37.7 Å². The molecule has 0 aliphatic carbocycles. The molecule has 0 amide bonds. The second-order valence-corrected chi connectivity index (χ2v) is 7.56. The highest BCUT2D eigenvalue weighted by atomic mass is 16.5. The van der Waals surface area contributed by atoms with Gasteiger partial charge in [0.1, 0.15) is 0 Å². The summed E-state index contributed by atoms with van der Waals surface area (Å²) < 4.78 is 5.55. The Hall–Kier alpha value is -1.72. The Balaban J connectivity index is 1.57. The molecule has 0 spiro atoms. The number of rotatable bonds is 6. The second-order valence-electron chi connectivity index (χ2n) is 7.56. The molecular formula is C20H30N4O. The van der Waals surface area contributed by atoms with Gasteiger partial charge in [-0.3, -0.25) is 4.90 Å². The summed E-state index contributed by atoms with van der Waals surface area (Å²) >= 11 is 0.